The lowest BCUT2D eigenvalue weighted by atomic mass is 9.99. The van der Waals surface area contributed by atoms with E-state index in [0.29, 0.717) is 30.0 Å². The molecular weight excluding hydrogens is 308 g/mol. The van der Waals surface area contributed by atoms with Crippen LogP contribution >= 0.6 is 0 Å². The molecule has 0 radical (unpaired) electrons. The van der Waals surface area contributed by atoms with Crippen molar-refractivity contribution in [3.8, 4) is 0 Å². The van der Waals surface area contributed by atoms with Crippen LogP contribution in [0.5, 0.6) is 0 Å². The topological polar surface area (TPSA) is 89.3 Å². The summed E-state index contributed by atoms with van der Waals surface area (Å²) in [5, 5.41) is 16.4. The third-order valence-corrected chi connectivity index (χ3v) is 4.18. The molecule has 0 saturated carbocycles. The third kappa shape index (κ3) is 3.18. The van der Waals surface area contributed by atoms with Crippen molar-refractivity contribution in [3.05, 3.63) is 46.5 Å². The zero-order chi connectivity index (χ0) is 17.3. The Bertz CT molecular complexity index is 756. The number of aryl methyl sites for hydroxylation is 1. The molecule has 1 amide bonds. The van der Waals surface area contributed by atoms with Gasteiger partial charge in [-0.05, 0) is 26.0 Å². The molecule has 0 bridgehead atoms. The summed E-state index contributed by atoms with van der Waals surface area (Å²) in [5.41, 5.74) is 3.64. The van der Waals surface area contributed by atoms with E-state index in [0.717, 1.165) is 11.3 Å². The normalized spacial score (nSPS) is 19.8. The number of carbonyl (C=O) groups is 1. The van der Waals surface area contributed by atoms with Gasteiger partial charge in [0.15, 0.2) is 5.69 Å². The van der Waals surface area contributed by atoms with E-state index in [4.69, 9.17) is 9.84 Å². The highest BCUT2D eigenvalue weighted by Gasteiger charge is 2.31. The smallest absolute Gasteiger partial charge is 0.272 e. The lowest BCUT2D eigenvalue weighted by molar-refractivity contribution is -0.00903. The predicted molar refractivity (Wildman–Crippen MR) is 87.2 cm³/mol. The summed E-state index contributed by atoms with van der Waals surface area (Å²) in [4.78, 5) is 16.8. The first kappa shape index (κ1) is 16.6. The number of hydrogen-bond acceptors (Lipinski definition) is 5. The molecule has 1 aliphatic rings. The molecule has 0 fully saturated rings. The highest BCUT2D eigenvalue weighted by atomic mass is 16.5. The minimum atomic E-state index is -0.218. The van der Waals surface area contributed by atoms with Crippen LogP contribution < -0.4 is 5.32 Å². The Kier molecular flexibility index (Phi) is 4.64. The summed E-state index contributed by atoms with van der Waals surface area (Å²) in [5.74, 6) is -0.218. The lowest BCUT2D eigenvalue weighted by Gasteiger charge is -2.26. The zero-order valence-corrected chi connectivity index (χ0v) is 14.1. The van der Waals surface area contributed by atoms with Crippen molar-refractivity contribution >= 4 is 5.91 Å². The fraction of sp³-hybridized carbons (Fsp3) is 0.471. The van der Waals surface area contributed by atoms with Crippen molar-refractivity contribution in [2.75, 3.05) is 0 Å². The number of fused-ring (bicyclic) bond motifs is 1. The van der Waals surface area contributed by atoms with E-state index >= 15 is 0 Å². The first-order valence-electron chi connectivity index (χ1n) is 8.04. The molecule has 7 nitrogen and oxygen atoms in total. The van der Waals surface area contributed by atoms with Gasteiger partial charge in [0.05, 0.1) is 42.4 Å². The van der Waals surface area contributed by atoms with Crippen molar-refractivity contribution < 1.29 is 14.6 Å². The van der Waals surface area contributed by atoms with Gasteiger partial charge in [-0.1, -0.05) is 6.07 Å². The van der Waals surface area contributed by atoms with Crippen LogP contribution in [0.3, 0.4) is 0 Å². The Labute approximate surface area is 140 Å². The number of aliphatic hydroxyl groups is 1. The zero-order valence-electron chi connectivity index (χ0n) is 14.1. The highest BCUT2D eigenvalue weighted by Crippen LogP contribution is 2.31. The summed E-state index contributed by atoms with van der Waals surface area (Å²) in [6.45, 7) is 4.14. The first-order chi connectivity index (χ1) is 11.5. The highest BCUT2D eigenvalue weighted by molar-refractivity contribution is 5.94. The standard InChI is InChI=1S/C17H22N4O3/c1-10-7-14-15(20-21(3)16(14)11(2)24-10)17(23)18-8-12-5-4-6-13(9-22)19-12/h4-6,10-11,22H,7-9H2,1-3H3,(H,18,23)/t10-,11+/m1/s1. The van der Waals surface area contributed by atoms with E-state index in [9.17, 15) is 4.79 Å². The second-order valence-electron chi connectivity index (χ2n) is 6.09. The maximum Gasteiger partial charge on any atom is 0.272 e. The maximum atomic E-state index is 12.6. The molecule has 3 heterocycles. The summed E-state index contributed by atoms with van der Waals surface area (Å²) >= 11 is 0. The largest absolute Gasteiger partial charge is 0.390 e. The molecule has 24 heavy (non-hydrogen) atoms. The fourth-order valence-electron chi connectivity index (χ4n) is 3.19. The second-order valence-corrected chi connectivity index (χ2v) is 6.09. The van der Waals surface area contributed by atoms with Crippen LogP contribution in [-0.4, -0.2) is 31.9 Å². The minimum Gasteiger partial charge on any atom is -0.390 e. The molecular formula is C17H22N4O3. The van der Waals surface area contributed by atoms with Crippen LogP contribution in [0.4, 0.5) is 0 Å². The SMILES string of the molecule is C[C@@H]1Cc2c(C(=O)NCc3cccc(CO)n3)nn(C)c2[C@H](C)O1. The van der Waals surface area contributed by atoms with E-state index in [1.165, 1.54) is 0 Å². The van der Waals surface area contributed by atoms with Crippen LogP contribution in [0.25, 0.3) is 0 Å². The summed E-state index contributed by atoms with van der Waals surface area (Å²) in [7, 11) is 1.83. The Balaban J connectivity index is 1.77. The molecule has 0 aliphatic carbocycles. The number of nitrogens with one attached hydrogen (secondary N) is 1. The monoisotopic (exact) mass is 330 g/mol. The van der Waals surface area contributed by atoms with Gasteiger partial charge in [-0.15, -0.1) is 0 Å². The quantitative estimate of drug-likeness (QED) is 0.881. The van der Waals surface area contributed by atoms with Crippen LogP contribution in [-0.2, 0) is 31.4 Å². The molecule has 0 spiro atoms. The van der Waals surface area contributed by atoms with Crippen LogP contribution in [0.15, 0.2) is 18.2 Å². The van der Waals surface area contributed by atoms with Gasteiger partial charge in [0, 0.05) is 19.0 Å². The average Bonchev–Trinajstić information content (AvgIpc) is 2.89. The number of carbonyl (C=O) groups excluding carboxylic acids is 1. The number of aliphatic hydroxyl groups excluding tert-OH is 1. The Hall–Kier alpha value is -2.25. The molecule has 0 unspecified atom stereocenters. The molecule has 2 aromatic rings. The van der Waals surface area contributed by atoms with E-state index in [-0.39, 0.29) is 24.7 Å². The first-order valence-corrected chi connectivity index (χ1v) is 8.04. The Morgan fingerprint density at radius 3 is 2.92 bits per heavy atom. The minimum absolute atomic E-state index is 0.0613. The predicted octanol–water partition coefficient (Wildman–Crippen LogP) is 1.26. The number of aromatic nitrogens is 3. The summed E-state index contributed by atoms with van der Waals surface area (Å²) in [6, 6.07) is 5.36. The molecule has 128 valence electrons. The van der Waals surface area contributed by atoms with Gasteiger partial charge in [-0.2, -0.15) is 5.10 Å². The summed E-state index contributed by atoms with van der Waals surface area (Å²) < 4.78 is 7.54. The number of rotatable bonds is 4. The van der Waals surface area contributed by atoms with Crippen molar-refractivity contribution in [3.63, 3.8) is 0 Å². The molecule has 1 aliphatic heterocycles. The molecule has 7 heteroatoms. The molecule has 0 aromatic carbocycles. The van der Waals surface area contributed by atoms with Crippen molar-refractivity contribution in [2.45, 2.75) is 45.6 Å². The van der Waals surface area contributed by atoms with Crippen molar-refractivity contribution in [2.24, 2.45) is 7.05 Å². The Morgan fingerprint density at radius 1 is 1.42 bits per heavy atom. The third-order valence-electron chi connectivity index (χ3n) is 4.18. The van der Waals surface area contributed by atoms with Crippen molar-refractivity contribution in [1.29, 1.82) is 0 Å². The average molecular weight is 330 g/mol. The maximum absolute atomic E-state index is 12.6. The number of ether oxygens (including phenoxy) is 1. The lowest BCUT2D eigenvalue weighted by Crippen LogP contribution is -2.27. The molecule has 2 atom stereocenters. The van der Waals surface area contributed by atoms with Gasteiger partial charge in [-0.25, -0.2) is 0 Å². The van der Waals surface area contributed by atoms with Gasteiger partial charge in [-0.3, -0.25) is 14.5 Å². The van der Waals surface area contributed by atoms with E-state index in [1.54, 1.807) is 10.7 Å². The van der Waals surface area contributed by atoms with Gasteiger partial charge in [0.25, 0.3) is 5.91 Å². The van der Waals surface area contributed by atoms with E-state index < -0.39 is 0 Å². The Morgan fingerprint density at radius 2 is 2.17 bits per heavy atom. The van der Waals surface area contributed by atoms with Crippen LogP contribution in [0.1, 0.15) is 53.1 Å². The second kappa shape index (κ2) is 6.70. The number of hydrogen-bond donors (Lipinski definition) is 2. The molecule has 0 saturated heterocycles. The molecule has 2 aromatic heterocycles. The van der Waals surface area contributed by atoms with Gasteiger partial charge in [0.1, 0.15) is 0 Å². The number of amides is 1. The fourth-order valence-corrected chi connectivity index (χ4v) is 3.19. The van der Waals surface area contributed by atoms with E-state index in [1.807, 2.05) is 33.0 Å². The molecule has 3 rings (SSSR count). The number of nitrogens with zero attached hydrogens (tertiary/aromatic N) is 3. The van der Waals surface area contributed by atoms with Crippen molar-refractivity contribution in [1.82, 2.24) is 20.1 Å². The summed E-state index contributed by atoms with van der Waals surface area (Å²) in [6.07, 6.45) is 0.658. The van der Waals surface area contributed by atoms with E-state index in [2.05, 4.69) is 15.4 Å². The van der Waals surface area contributed by atoms with Gasteiger partial charge < -0.3 is 15.2 Å². The molecule has 2 N–H and O–H groups in total. The number of pyridine rings is 1. The van der Waals surface area contributed by atoms with Crippen LogP contribution in [0, 0.1) is 0 Å². The van der Waals surface area contributed by atoms with Gasteiger partial charge >= 0.3 is 0 Å². The van der Waals surface area contributed by atoms with Gasteiger partial charge in [0.2, 0.25) is 0 Å². The van der Waals surface area contributed by atoms with Crippen LogP contribution in [0.2, 0.25) is 0 Å².